The van der Waals surface area contributed by atoms with E-state index < -0.39 is 11.0 Å². The zero-order valence-corrected chi connectivity index (χ0v) is 7.28. The van der Waals surface area contributed by atoms with Crippen molar-refractivity contribution in [3.05, 3.63) is 21.9 Å². The van der Waals surface area contributed by atoms with Crippen LogP contribution in [0.15, 0.2) is 12.1 Å². The van der Waals surface area contributed by atoms with Gasteiger partial charge in [0.2, 0.25) is 0 Å². The number of nitrogens with zero attached hydrogens (tertiary/aromatic N) is 1. The van der Waals surface area contributed by atoms with Gasteiger partial charge in [0.1, 0.15) is 10.9 Å². The van der Waals surface area contributed by atoms with Crippen LogP contribution in [0.3, 0.4) is 0 Å². The van der Waals surface area contributed by atoms with Gasteiger partial charge in [0.15, 0.2) is 0 Å². The van der Waals surface area contributed by atoms with Gasteiger partial charge < -0.3 is 0 Å². The molecule has 0 aliphatic rings. The number of nitriles is 1. The van der Waals surface area contributed by atoms with Crippen molar-refractivity contribution in [2.24, 2.45) is 0 Å². The highest BCUT2D eigenvalue weighted by atomic mass is 35.5. The van der Waals surface area contributed by atoms with Crippen molar-refractivity contribution in [1.29, 1.82) is 5.26 Å². The summed E-state index contributed by atoms with van der Waals surface area (Å²) in [5.41, 5.74) is 0. The third kappa shape index (κ3) is 1.70. The van der Waals surface area contributed by atoms with Crippen molar-refractivity contribution in [2.45, 2.75) is 0 Å². The van der Waals surface area contributed by atoms with E-state index in [1.807, 2.05) is 6.07 Å². The summed E-state index contributed by atoms with van der Waals surface area (Å²) >= 11 is 5.90. The first-order valence-electron chi connectivity index (χ1n) is 2.89. The number of halogens is 1. The Morgan fingerprint density at radius 3 is 2.58 bits per heavy atom. The van der Waals surface area contributed by atoms with Gasteiger partial charge in [-0.25, -0.2) is 0 Å². The summed E-state index contributed by atoms with van der Waals surface area (Å²) in [7, 11) is 0. The number of Topliss-reactive ketones (excluding diaryl/α,β-unsaturated/α-hetero) is 1. The Kier molecular flexibility index (Phi) is 2.58. The number of carbonyl (C=O) groups is 2. The van der Waals surface area contributed by atoms with E-state index >= 15 is 0 Å². The summed E-state index contributed by atoms with van der Waals surface area (Å²) in [4.78, 5) is 21.9. The fourth-order valence-corrected chi connectivity index (χ4v) is 1.51. The maximum absolute atomic E-state index is 10.9. The lowest BCUT2D eigenvalue weighted by molar-refractivity contribution is -0.108. The largest absolute Gasteiger partial charge is 0.294 e. The Bertz CT molecular complexity index is 377. The lowest BCUT2D eigenvalue weighted by Gasteiger charge is -1.84. The Morgan fingerprint density at radius 2 is 2.17 bits per heavy atom. The van der Waals surface area contributed by atoms with Crippen LogP contribution in [-0.2, 0) is 4.79 Å². The molecular weight excluding hydrogens is 198 g/mol. The normalized spacial score (nSPS) is 9.00. The first-order valence-corrected chi connectivity index (χ1v) is 4.08. The number of carbonyl (C=O) groups excluding carboxylic acids is 2. The van der Waals surface area contributed by atoms with Crippen molar-refractivity contribution < 1.29 is 9.59 Å². The third-order valence-electron chi connectivity index (χ3n) is 1.12. The van der Waals surface area contributed by atoms with Crippen LogP contribution in [0.5, 0.6) is 0 Å². The summed E-state index contributed by atoms with van der Waals surface area (Å²) in [6.45, 7) is 0. The van der Waals surface area contributed by atoms with Crippen molar-refractivity contribution in [2.75, 3.05) is 0 Å². The molecule has 1 heterocycles. The van der Waals surface area contributed by atoms with Crippen LogP contribution in [0.4, 0.5) is 0 Å². The second kappa shape index (κ2) is 3.48. The molecule has 0 amide bonds. The van der Waals surface area contributed by atoms with Gasteiger partial charge >= 0.3 is 0 Å². The molecular formula is C7H2ClNO2S. The first kappa shape index (κ1) is 8.91. The molecule has 0 aliphatic carbocycles. The van der Waals surface area contributed by atoms with Crippen LogP contribution >= 0.6 is 22.9 Å². The van der Waals surface area contributed by atoms with Gasteiger partial charge in [-0.05, 0) is 23.7 Å². The molecule has 0 saturated carbocycles. The molecule has 5 heteroatoms. The van der Waals surface area contributed by atoms with Gasteiger partial charge in [-0.2, -0.15) is 5.26 Å². The zero-order chi connectivity index (χ0) is 9.14. The molecule has 0 unspecified atom stereocenters. The molecule has 1 aromatic rings. The molecule has 0 bridgehead atoms. The molecule has 1 aromatic heterocycles. The number of hydrogen-bond acceptors (Lipinski definition) is 4. The van der Waals surface area contributed by atoms with E-state index in [1.165, 1.54) is 12.1 Å². The minimum atomic E-state index is -1.03. The average Bonchev–Trinajstić information content (AvgIpc) is 2.50. The maximum atomic E-state index is 10.9. The topological polar surface area (TPSA) is 57.9 Å². The van der Waals surface area contributed by atoms with E-state index in [9.17, 15) is 9.59 Å². The second-order valence-corrected chi connectivity index (χ2v) is 3.31. The molecule has 0 radical (unpaired) electrons. The van der Waals surface area contributed by atoms with Gasteiger partial charge in [-0.1, -0.05) is 0 Å². The summed E-state index contributed by atoms with van der Waals surface area (Å²) in [6.07, 6.45) is 0. The Labute approximate surface area is 77.2 Å². The van der Waals surface area contributed by atoms with Gasteiger partial charge in [0.25, 0.3) is 11.0 Å². The van der Waals surface area contributed by atoms with Crippen molar-refractivity contribution >= 4 is 34.0 Å². The third-order valence-corrected chi connectivity index (χ3v) is 2.28. The lowest BCUT2D eigenvalue weighted by atomic mass is 10.3. The van der Waals surface area contributed by atoms with E-state index in [0.717, 1.165) is 11.3 Å². The first-order chi connectivity index (χ1) is 5.65. The SMILES string of the molecule is N#Cc1ccc(C(=O)C(=O)Cl)s1. The van der Waals surface area contributed by atoms with Crippen LogP contribution in [0, 0.1) is 11.3 Å². The van der Waals surface area contributed by atoms with Gasteiger partial charge in [0, 0.05) is 0 Å². The van der Waals surface area contributed by atoms with Gasteiger partial charge in [0.05, 0.1) is 4.88 Å². The van der Waals surface area contributed by atoms with Crippen molar-refractivity contribution in [1.82, 2.24) is 0 Å². The molecule has 3 nitrogen and oxygen atoms in total. The summed E-state index contributed by atoms with van der Waals surface area (Å²) < 4.78 is 0. The molecule has 60 valence electrons. The quantitative estimate of drug-likeness (QED) is 0.413. The van der Waals surface area contributed by atoms with Crippen LogP contribution in [0.2, 0.25) is 0 Å². The molecule has 0 N–H and O–H groups in total. The zero-order valence-electron chi connectivity index (χ0n) is 5.70. The number of ketones is 1. The minimum absolute atomic E-state index is 0.201. The van der Waals surface area contributed by atoms with Gasteiger partial charge in [-0.15, -0.1) is 11.3 Å². The fourth-order valence-electron chi connectivity index (χ4n) is 0.617. The van der Waals surface area contributed by atoms with Crippen LogP contribution in [-0.4, -0.2) is 11.0 Å². The molecule has 12 heavy (non-hydrogen) atoms. The molecule has 0 fully saturated rings. The number of hydrogen-bond donors (Lipinski definition) is 0. The Morgan fingerprint density at radius 1 is 1.50 bits per heavy atom. The Hall–Kier alpha value is -1.18. The highest BCUT2D eigenvalue weighted by Gasteiger charge is 2.15. The molecule has 0 aliphatic heterocycles. The predicted octanol–water partition coefficient (Wildman–Crippen LogP) is 1.57. The smallest absolute Gasteiger partial charge is 0.283 e. The highest BCUT2D eigenvalue weighted by Crippen LogP contribution is 2.16. The van der Waals surface area contributed by atoms with E-state index in [4.69, 9.17) is 16.9 Å². The minimum Gasteiger partial charge on any atom is -0.283 e. The Balaban J connectivity index is 2.99. The molecule has 0 saturated heterocycles. The summed E-state index contributed by atoms with van der Waals surface area (Å²) in [6, 6.07) is 4.73. The number of thiophene rings is 1. The fraction of sp³-hybridized carbons (Fsp3) is 0. The summed E-state index contributed by atoms with van der Waals surface area (Å²) in [5, 5.41) is 7.38. The van der Waals surface area contributed by atoms with Crippen LogP contribution in [0.25, 0.3) is 0 Å². The monoisotopic (exact) mass is 199 g/mol. The van der Waals surface area contributed by atoms with Gasteiger partial charge in [-0.3, -0.25) is 9.59 Å². The van der Waals surface area contributed by atoms with Crippen molar-refractivity contribution in [3.63, 3.8) is 0 Å². The second-order valence-electron chi connectivity index (χ2n) is 1.88. The van der Waals surface area contributed by atoms with Crippen molar-refractivity contribution in [3.8, 4) is 6.07 Å². The maximum Gasteiger partial charge on any atom is 0.294 e. The van der Waals surface area contributed by atoms with E-state index in [1.54, 1.807) is 0 Å². The molecule has 1 rings (SSSR count). The predicted molar refractivity (Wildman–Crippen MR) is 44.2 cm³/mol. The van der Waals surface area contributed by atoms with E-state index in [2.05, 4.69) is 0 Å². The van der Waals surface area contributed by atoms with E-state index in [0.29, 0.717) is 4.88 Å². The van der Waals surface area contributed by atoms with Crippen LogP contribution < -0.4 is 0 Å². The lowest BCUT2D eigenvalue weighted by Crippen LogP contribution is -2.04. The summed E-state index contributed by atoms with van der Waals surface area (Å²) in [5.74, 6) is -0.761. The standard InChI is InChI=1S/C7H2ClNO2S/c8-7(11)6(10)5-2-1-4(3-9)12-5/h1-2H. The molecule has 0 aromatic carbocycles. The highest BCUT2D eigenvalue weighted by molar-refractivity contribution is 7.16. The molecule has 0 atom stereocenters. The molecule has 0 spiro atoms. The van der Waals surface area contributed by atoms with E-state index in [-0.39, 0.29) is 4.88 Å². The van der Waals surface area contributed by atoms with Crippen LogP contribution in [0.1, 0.15) is 14.5 Å². The average molecular weight is 200 g/mol. The number of rotatable bonds is 2.